The number of aromatic nitrogens is 2. The largest absolute Gasteiger partial charge is 0.335 e. The highest BCUT2D eigenvalue weighted by Gasteiger charge is 2.30. The smallest absolute Gasteiger partial charge is 0.278 e. The molecule has 0 atom stereocenters. The van der Waals surface area contributed by atoms with Gasteiger partial charge in [0, 0.05) is 11.4 Å². The van der Waals surface area contributed by atoms with E-state index in [0.29, 0.717) is 17.3 Å². The summed E-state index contributed by atoms with van der Waals surface area (Å²) in [6, 6.07) is 7.31. The third kappa shape index (κ3) is 3.49. The van der Waals surface area contributed by atoms with Crippen LogP contribution in [0.2, 0.25) is 5.02 Å². The van der Waals surface area contributed by atoms with Gasteiger partial charge in [0.2, 0.25) is 0 Å². The van der Waals surface area contributed by atoms with Crippen LogP contribution in [0.1, 0.15) is 17.3 Å². The number of nitrogens with zero attached hydrogens (tertiary/aromatic N) is 2. The molecule has 0 aliphatic carbocycles. The predicted molar refractivity (Wildman–Crippen MR) is 67.8 cm³/mol. The first-order chi connectivity index (χ1) is 7.95. The zero-order valence-corrected chi connectivity index (χ0v) is 11.4. The third-order valence-corrected chi connectivity index (χ3v) is 2.72. The van der Waals surface area contributed by atoms with Crippen molar-refractivity contribution < 1.29 is 4.52 Å². The summed E-state index contributed by atoms with van der Waals surface area (Å²) >= 11 is 22.6. The van der Waals surface area contributed by atoms with Crippen LogP contribution in [0.15, 0.2) is 28.8 Å². The molecule has 0 saturated carbocycles. The minimum Gasteiger partial charge on any atom is -0.335 e. The van der Waals surface area contributed by atoms with E-state index in [1.54, 1.807) is 12.1 Å². The van der Waals surface area contributed by atoms with Gasteiger partial charge in [0.05, 0.1) is 0 Å². The lowest BCUT2D eigenvalue weighted by molar-refractivity contribution is 0.377. The molecule has 0 fully saturated rings. The molecule has 0 saturated heterocycles. The SMILES string of the molecule is Clc1ccc(Cc2noc(C(Cl)(Cl)Cl)n2)cc1. The van der Waals surface area contributed by atoms with Crippen molar-refractivity contribution in [2.45, 2.75) is 10.2 Å². The van der Waals surface area contributed by atoms with Crippen molar-refractivity contribution in [3.63, 3.8) is 0 Å². The molecule has 0 bridgehead atoms. The Morgan fingerprint density at radius 2 is 1.76 bits per heavy atom. The molecular formula is C10H6Cl4N2O. The Balaban J connectivity index is 2.14. The molecular weight excluding hydrogens is 306 g/mol. The van der Waals surface area contributed by atoms with Gasteiger partial charge >= 0.3 is 0 Å². The molecule has 7 heteroatoms. The van der Waals surface area contributed by atoms with Gasteiger partial charge in [0.1, 0.15) is 0 Å². The van der Waals surface area contributed by atoms with E-state index >= 15 is 0 Å². The monoisotopic (exact) mass is 310 g/mol. The van der Waals surface area contributed by atoms with Crippen molar-refractivity contribution >= 4 is 46.4 Å². The zero-order valence-electron chi connectivity index (χ0n) is 8.33. The molecule has 1 heterocycles. The van der Waals surface area contributed by atoms with Crippen LogP contribution in [-0.4, -0.2) is 10.1 Å². The molecule has 0 N–H and O–H groups in total. The number of hydrogen-bond acceptors (Lipinski definition) is 3. The number of hydrogen-bond donors (Lipinski definition) is 0. The van der Waals surface area contributed by atoms with E-state index in [1.807, 2.05) is 12.1 Å². The van der Waals surface area contributed by atoms with Crippen LogP contribution in [0.25, 0.3) is 0 Å². The molecule has 3 nitrogen and oxygen atoms in total. The van der Waals surface area contributed by atoms with Crippen LogP contribution in [-0.2, 0) is 10.2 Å². The summed E-state index contributed by atoms with van der Waals surface area (Å²) in [5.41, 5.74) is 0.992. The molecule has 0 radical (unpaired) electrons. The molecule has 0 spiro atoms. The van der Waals surface area contributed by atoms with Gasteiger partial charge in [-0.05, 0) is 17.7 Å². The molecule has 0 aliphatic heterocycles. The summed E-state index contributed by atoms with van der Waals surface area (Å²) < 4.78 is 3.15. The minimum absolute atomic E-state index is 0.0357. The lowest BCUT2D eigenvalue weighted by Crippen LogP contribution is -2.00. The van der Waals surface area contributed by atoms with Gasteiger partial charge in [-0.3, -0.25) is 0 Å². The van der Waals surface area contributed by atoms with Crippen molar-refractivity contribution in [2.75, 3.05) is 0 Å². The number of halogens is 4. The highest BCUT2D eigenvalue weighted by Crippen LogP contribution is 2.36. The predicted octanol–water partition coefficient (Wildman–Crippen LogP) is 4.14. The molecule has 2 aromatic rings. The molecule has 2 rings (SSSR count). The second kappa shape index (κ2) is 5.02. The second-order valence-electron chi connectivity index (χ2n) is 3.32. The second-order valence-corrected chi connectivity index (χ2v) is 6.03. The summed E-state index contributed by atoms with van der Waals surface area (Å²) in [6.45, 7) is 0. The molecule has 1 aromatic carbocycles. The summed E-state index contributed by atoms with van der Waals surface area (Å²) in [6.07, 6.45) is 0.488. The Labute approximate surface area is 118 Å². The average Bonchev–Trinajstić information content (AvgIpc) is 2.69. The van der Waals surface area contributed by atoms with E-state index in [1.165, 1.54) is 0 Å². The normalized spacial score (nSPS) is 11.8. The lowest BCUT2D eigenvalue weighted by Gasteiger charge is -2.01. The Morgan fingerprint density at radius 3 is 2.29 bits per heavy atom. The van der Waals surface area contributed by atoms with Crippen LogP contribution in [0.4, 0.5) is 0 Å². The van der Waals surface area contributed by atoms with E-state index in [2.05, 4.69) is 10.1 Å². The summed E-state index contributed by atoms with van der Waals surface area (Å²) in [5.74, 6) is 0.417. The van der Waals surface area contributed by atoms with E-state index < -0.39 is 3.79 Å². The quantitative estimate of drug-likeness (QED) is 0.782. The Kier molecular flexibility index (Phi) is 3.83. The van der Waals surface area contributed by atoms with Crippen LogP contribution in [0.3, 0.4) is 0 Å². The zero-order chi connectivity index (χ0) is 12.5. The molecule has 90 valence electrons. The molecule has 1 aromatic heterocycles. The minimum atomic E-state index is -1.69. The standard InChI is InChI=1S/C10H6Cl4N2O/c11-7-3-1-6(2-4-7)5-8-15-9(17-16-8)10(12,13)14/h1-4H,5H2. The first-order valence-electron chi connectivity index (χ1n) is 4.59. The van der Waals surface area contributed by atoms with Crippen molar-refractivity contribution in [2.24, 2.45) is 0 Å². The van der Waals surface area contributed by atoms with Gasteiger partial charge in [-0.1, -0.05) is 63.7 Å². The van der Waals surface area contributed by atoms with Gasteiger partial charge in [-0.2, -0.15) is 4.98 Å². The van der Waals surface area contributed by atoms with E-state index in [4.69, 9.17) is 50.9 Å². The first-order valence-corrected chi connectivity index (χ1v) is 6.10. The third-order valence-electron chi connectivity index (χ3n) is 1.99. The molecule has 0 unspecified atom stereocenters. The molecule has 17 heavy (non-hydrogen) atoms. The highest BCUT2D eigenvalue weighted by molar-refractivity contribution is 6.66. The Hall–Kier alpha value is -0.480. The van der Waals surface area contributed by atoms with Gasteiger partial charge in [0.25, 0.3) is 9.68 Å². The van der Waals surface area contributed by atoms with Crippen molar-refractivity contribution in [1.29, 1.82) is 0 Å². The lowest BCUT2D eigenvalue weighted by atomic mass is 10.1. The van der Waals surface area contributed by atoms with E-state index in [-0.39, 0.29) is 5.89 Å². The van der Waals surface area contributed by atoms with Gasteiger partial charge in [-0.25, -0.2) is 0 Å². The van der Waals surface area contributed by atoms with Crippen LogP contribution >= 0.6 is 46.4 Å². The summed E-state index contributed by atoms with van der Waals surface area (Å²) in [5, 5.41) is 4.40. The van der Waals surface area contributed by atoms with Crippen LogP contribution < -0.4 is 0 Å². The van der Waals surface area contributed by atoms with Crippen LogP contribution in [0, 0.1) is 0 Å². The van der Waals surface area contributed by atoms with Crippen molar-refractivity contribution in [3.05, 3.63) is 46.6 Å². The fourth-order valence-electron chi connectivity index (χ4n) is 1.23. The summed E-state index contributed by atoms with van der Waals surface area (Å²) in [4.78, 5) is 3.99. The van der Waals surface area contributed by atoms with Gasteiger partial charge in [0.15, 0.2) is 5.82 Å². The van der Waals surface area contributed by atoms with Crippen molar-refractivity contribution in [3.8, 4) is 0 Å². The number of rotatable bonds is 2. The maximum absolute atomic E-state index is 5.78. The first kappa shape index (κ1) is 13.0. The highest BCUT2D eigenvalue weighted by atomic mass is 35.6. The molecule has 0 aliphatic rings. The van der Waals surface area contributed by atoms with Gasteiger partial charge in [-0.15, -0.1) is 0 Å². The maximum Gasteiger partial charge on any atom is 0.278 e. The van der Waals surface area contributed by atoms with Gasteiger partial charge < -0.3 is 4.52 Å². The average molecular weight is 312 g/mol. The van der Waals surface area contributed by atoms with Crippen molar-refractivity contribution in [1.82, 2.24) is 10.1 Å². The number of alkyl halides is 3. The Bertz CT molecular complexity index is 504. The van der Waals surface area contributed by atoms with E-state index in [0.717, 1.165) is 5.56 Å². The summed E-state index contributed by atoms with van der Waals surface area (Å²) in [7, 11) is 0. The maximum atomic E-state index is 5.78. The Morgan fingerprint density at radius 1 is 1.12 bits per heavy atom. The topological polar surface area (TPSA) is 38.9 Å². The molecule has 0 amide bonds. The fourth-order valence-corrected chi connectivity index (χ4v) is 1.58. The van der Waals surface area contributed by atoms with E-state index in [9.17, 15) is 0 Å². The fraction of sp³-hybridized carbons (Fsp3) is 0.200. The van der Waals surface area contributed by atoms with Crippen LogP contribution in [0.5, 0.6) is 0 Å². The number of benzene rings is 1.